The predicted octanol–water partition coefficient (Wildman–Crippen LogP) is 1.94. The molecule has 0 aromatic heterocycles. The van der Waals surface area contributed by atoms with E-state index in [-0.39, 0.29) is 5.91 Å². The SMILES string of the molecule is COCCOCCNC(=O)CCCCC(S)CCS. The Hall–Kier alpha value is 0.0900. The average Bonchev–Trinajstić information content (AvgIpc) is 2.39. The second kappa shape index (κ2) is 14.5. The molecule has 19 heavy (non-hydrogen) atoms. The van der Waals surface area contributed by atoms with Crippen LogP contribution in [-0.4, -0.2) is 50.4 Å². The Bertz CT molecular complexity index is 218. The summed E-state index contributed by atoms with van der Waals surface area (Å²) in [6.07, 6.45) is 4.62. The lowest BCUT2D eigenvalue weighted by atomic mass is 10.1. The van der Waals surface area contributed by atoms with Crippen molar-refractivity contribution in [2.75, 3.05) is 39.2 Å². The van der Waals surface area contributed by atoms with Gasteiger partial charge < -0.3 is 14.8 Å². The van der Waals surface area contributed by atoms with E-state index in [0.717, 1.165) is 31.4 Å². The zero-order valence-corrected chi connectivity index (χ0v) is 13.6. The van der Waals surface area contributed by atoms with E-state index in [1.54, 1.807) is 7.11 Å². The molecule has 0 saturated heterocycles. The number of rotatable bonds is 13. The van der Waals surface area contributed by atoms with Crippen LogP contribution in [0.25, 0.3) is 0 Å². The van der Waals surface area contributed by atoms with Gasteiger partial charge in [-0.05, 0) is 25.0 Å². The van der Waals surface area contributed by atoms with Gasteiger partial charge in [-0.1, -0.05) is 6.42 Å². The van der Waals surface area contributed by atoms with Crippen LogP contribution in [0, 0.1) is 0 Å². The molecule has 0 aliphatic carbocycles. The normalized spacial score (nSPS) is 12.4. The number of carbonyl (C=O) groups excluding carboxylic acids is 1. The van der Waals surface area contributed by atoms with Crippen molar-refractivity contribution in [3.63, 3.8) is 0 Å². The summed E-state index contributed by atoms with van der Waals surface area (Å²) >= 11 is 8.63. The molecule has 0 spiro atoms. The molecule has 6 heteroatoms. The van der Waals surface area contributed by atoms with Crippen molar-refractivity contribution in [1.29, 1.82) is 0 Å². The molecule has 0 heterocycles. The highest BCUT2D eigenvalue weighted by atomic mass is 32.1. The van der Waals surface area contributed by atoms with Gasteiger partial charge in [0.05, 0.1) is 19.8 Å². The molecule has 114 valence electrons. The predicted molar refractivity (Wildman–Crippen MR) is 85.4 cm³/mol. The molecule has 1 amide bonds. The topological polar surface area (TPSA) is 47.6 Å². The number of ether oxygens (including phenoxy) is 2. The summed E-state index contributed by atoms with van der Waals surface area (Å²) in [5.74, 6) is 0.970. The van der Waals surface area contributed by atoms with Crippen LogP contribution in [-0.2, 0) is 14.3 Å². The third-order valence-corrected chi connectivity index (χ3v) is 3.43. The third-order valence-electron chi connectivity index (χ3n) is 2.65. The molecule has 0 radical (unpaired) electrons. The van der Waals surface area contributed by atoms with E-state index in [4.69, 9.17) is 9.47 Å². The molecule has 0 aromatic rings. The molecule has 0 aliphatic rings. The van der Waals surface area contributed by atoms with E-state index < -0.39 is 0 Å². The summed E-state index contributed by atoms with van der Waals surface area (Å²) in [4.78, 5) is 11.5. The number of carbonyl (C=O) groups is 1. The van der Waals surface area contributed by atoms with Gasteiger partial charge in [0.25, 0.3) is 0 Å². The molecule has 0 aliphatic heterocycles. The molecule has 0 aromatic carbocycles. The van der Waals surface area contributed by atoms with E-state index in [9.17, 15) is 4.79 Å². The second-order valence-electron chi connectivity index (χ2n) is 4.37. The van der Waals surface area contributed by atoms with E-state index in [1.807, 2.05) is 0 Å². The number of thiol groups is 2. The van der Waals surface area contributed by atoms with Crippen molar-refractivity contribution < 1.29 is 14.3 Å². The van der Waals surface area contributed by atoms with Gasteiger partial charge in [-0.3, -0.25) is 4.79 Å². The highest BCUT2D eigenvalue weighted by Gasteiger charge is 2.04. The van der Waals surface area contributed by atoms with E-state index in [1.165, 1.54) is 0 Å². The van der Waals surface area contributed by atoms with Gasteiger partial charge in [0.2, 0.25) is 5.91 Å². The van der Waals surface area contributed by atoms with E-state index >= 15 is 0 Å². The Morgan fingerprint density at radius 1 is 1.21 bits per heavy atom. The summed E-state index contributed by atoms with van der Waals surface area (Å²) in [5.41, 5.74) is 0. The number of unbranched alkanes of at least 4 members (excludes halogenated alkanes) is 1. The summed E-state index contributed by atoms with van der Waals surface area (Å²) in [5, 5.41) is 3.25. The minimum atomic E-state index is 0.0975. The standard InChI is InChI=1S/C13H27NO3S2/c1-16-9-10-17-8-7-14-13(15)5-3-2-4-12(19)6-11-18/h12,18-19H,2-11H2,1H3,(H,14,15). The van der Waals surface area contributed by atoms with Crippen molar-refractivity contribution in [3.05, 3.63) is 0 Å². The molecule has 1 N–H and O–H groups in total. The Labute approximate surface area is 127 Å². The molecule has 0 saturated carbocycles. The van der Waals surface area contributed by atoms with Crippen LogP contribution in [0.15, 0.2) is 0 Å². The molecule has 0 fully saturated rings. The van der Waals surface area contributed by atoms with Crippen LogP contribution in [0.4, 0.5) is 0 Å². The first-order valence-corrected chi connectivity index (χ1v) is 7.98. The largest absolute Gasteiger partial charge is 0.382 e. The summed E-state index contributed by atoms with van der Waals surface area (Å²) in [6.45, 7) is 2.26. The molecular weight excluding hydrogens is 282 g/mol. The Morgan fingerprint density at radius 3 is 2.68 bits per heavy atom. The fraction of sp³-hybridized carbons (Fsp3) is 0.923. The van der Waals surface area contributed by atoms with Gasteiger partial charge in [0.1, 0.15) is 0 Å². The molecule has 0 rings (SSSR count). The first-order valence-electron chi connectivity index (χ1n) is 6.83. The van der Waals surface area contributed by atoms with E-state index in [0.29, 0.717) is 38.0 Å². The van der Waals surface area contributed by atoms with Crippen molar-refractivity contribution in [2.45, 2.75) is 37.4 Å². The zero-order valence-electron chi connectivity index (χ0n) is 11.8. The van der Waals surface area contributed by atoms with Gasteiger partial charge in [-0.15, -0.1) is 0 Å². The van der Waals surface area contributed by atoms with Crippen molar-refractivity contribution in [2.24, 2.45) is 0 Å². The number of methoxy groups -OCH3 is 1. The van der Waals surface area contributed by atoms with Crippen LogP contribution in [0.2, 0.25) is 0 Å². The van der Waals surface area contributed by atoms with Gasteiger partial charge in [-0.2, -0.15) is 25.3 Å². The molecule has 4 nitrogen and oxygen atoms in total. The van der Waals surface area contributed by atoms with Gasteiger partial charge in [0, 0.05) is 25.3 Å². The minimum Gasteiger partial charge on any atom is -0.382 e. The zero-order chi connectivity index (χ0) is 14.3. The third kappa shape index (κ3) is 14.3. The summed E-state index contributed by atoms with van der Waals surface area (Å²) in [6, 6.07) is 0. The molecular formula is C13H27NO3S2. The Morgan fingerprint density at radius 2 is 2.00 bits per heavy atom. The average molecular weight is 309 g/mol. The Balaban J connectivity index is 3.25. The lowest BCUT2D eigenvalue weighted by Crippen LogP contribution is -2.27. The lowest BCUT2D eigenvalue weighted by Gasteiger charge is -2.09. The summed E-state index contributed by atoms with van der Waals surface area (Å²) in [7, 11) is 1.64. The number of nitrogens with one attached hydrogen (secondary N) is 1. The molecule has 0 bridgehead atoms. The maximum Gasteiger partial charge on any atom is 0.220 e. The van der Waals surface area contributed by atoms with Gasteiger partial charge in [0.15, 0.2) is 0 Å². The maximum absolute atomic E-state index is 11.5. The van der Waals surface area contributed by atoms with E-state index in [2.05, 4.69) is 30.6 Å². The first kappa shape index (κ1) is 19.1. The fourth-order valence-electron chi connectivity index (χ4n) is 1.55. The fourth-order valence-corrected chi connectivity index (χ4v) is 2.38. The first-order chi connectivity index (χ1) is 9.20. The highest BCUT2D eigenvalue weighted by molar-refractivity contribution is 7.81. The second-order valence-corrected chi connectivity index (χ2v) is 5.54. The van der Waals surface area contributed by atoms with Crippen molar-refractivity contribution in [1.82, 2.24) is 5.32 Å². The quantitative estimate of drug-likeness (QED) is 0.360. The van der Waals surface area contributed by atoms with Crippen LogP contribution < -0.4 is 5.32 Å². The number of amides is 1. The van der Waals surface area contributed by atoms with Crippen LogP contribution >= 0.6 is 25.3 Å². The van der Waals surface area contributed by atoms with Gasteiger partial charge >= 0.3 is 0 Å². The smallest absolute Gasteiger partial charge is 0.220 e. The molecule has 1 unspecified atom stereocenters. The van der Waals surface area contributed by atoms with Crippen molar-refractivity contribution in [3.8, 4) is 0 Å². The Kier molecular flexibility index (Phi) is 14.6. The van der Waals surface area contributed by atoms with Crippen LogP contribution in [0.3, 0.4) is 0 Å². The maximum atomic E-state index is 11.5. The van der Waals surface area contributed by atoms with Gasteiger partial charge in [-0.25, -0.2) is 0 Å². The van der Waals surface area contributed by atoms with Crippen LogP contribution in [0.1, 0.15) is 32.1 Å². The van der Waals surface area contributed by atoms with Crippen molar-refractivity contribution >= 4 is 31.2 Å². The highest BCUT2D eigenvalue weighted by Crippen LogP contribution is 2.12. The monoisotopic (exact) mass is 309 g/mol. The number of hydrogen-bond acceptors (Lipinski definition) is 5. The van der Waals surface area contributed by atoms with Crippen LogP contribution in [0.5, 0.6) is 0 Å². The molecule has 1 atom stereocenters. The minimum absolute atomic E-state index is 0.0975. The number of hydrogen-bond donors (Lipinski definition) is 3. The summed E-state index contributed by atoms with van der Waals surface area (Å²) < 4.78 is 10.1. The lowest BCUT2D eigenvalue weighted by molar-refractivity contribution is -0.121.